The van der Waals surface area contributed by atoms with Crippen molar-refractivity contribution in [2.24, 2.45) is 0 Å². The normalized spacial score (nSPS) is 9.94. The zero-order valence-electron chi connectivity index (χ0n) is 8.98. The van der Waals surface area contributed by atoms with Gasteiger partial charge in [-0.1, -0.05) is 11.6 Å². The highest BCUT2D eigenvalue weighted by Gasteiger charge is 2.12. The fraction of sp³-hybridized carbons (Fsp3) is 0.182. The van der Waals surface area contributed by atoms with Crippen LogP contribution in [-0.2, 0) is 0 Å². The van der Waals surface area contributed by atoms with Crippen LogP contribution in [0, 0.1) is 11.3 Å². The second kappa shape index (κ2) is 5.13. The van der Waals surface area contributed by atoms with Gasteiger partial charge in [0.25, 0.3) is 0 Å². The largest absolute Gasteiger partial charge is 0.492 e. The van der Waals surface area contributed by atoms with E-state index >= 15 is 0 Å². The van der Waals surface area contributed by atoms with Crippen LogP contribution in [0.1, 0.15) is 11.8 Å². The average molecular weight is 266 g/mol. The molecule has 0 aromatic carbocycles. The van der Waals surface area contributed by atoms with Crippen LogP contribution >= 0.6 is 22.9 Å². The fourth-order valence-corrected chi connectivity index (χ4v) is 2.32. The fourth-order valence-electron chi connectivity index (χ4n) is 1.31. The van der Waals surface area contributed by atoms with E-state index in [0.29, 0.717) is 28.1 Å². The summed E-state index contributed by atoms with van der Waals surface area (Å²) in [6.45, 7) is 2.40. The van der Waals surface area contributed by atoms with E-state index in [9.17, 15) is 0 Å². The van der Waals surface area contributed by atoms with Crippen LogP contribution in [-0.4, -0.2) is 16.6 Å². The Hall–Kier alpha value is -1.64. The number of rotatable bonds is 3. The van der Waals surface area contributed by atoms with Crippen molar-refractivity contribution in [3.8, 4) is 22.4 Å². The molecule has 0 radical (unpaired) electrons. The molecule has 0 amide bonds. The van der Waals surface area contributed by atoms with Crippen molar-refractivity contribution in [2.45, 2.75) is 6.92 Å². The Morgan fingerprint density at radius 3 is 2.94 bits per heavy atom. The summed E-state index contributed by atoms with van der Waals surface area (Å²) < 4.78 is 5.37. The van der Waals surface area contributed by atoms with Crippen molar-refractivity contribution in [2.75, 3.05) is 6.61 Å². The molecule has 0 unspecified atom stereocenters. The van der Waals surface area contributed by atoms with Gasteiger partial charge in [0.05, 0.1) is 17.2 Å². The Kier molecular flexibility index (Phi) is 3.57. The molecule has 86 valence electrons. The van der Waals surface area contributed by atoms with E-state index in [-0.39, 0.29) is 0 Å². The number of ether oxygens (including phenoxy) is 1. The number of hydrogen-bond acceptors (Lipinski definition) is 5. The molecule has 2 aromatic heterocycles. The molecule has 0 atom stereocenters. The van der Waals surface area contributed by atoms with Gasteiger partial charge in [-0.2, -0.15) is 5.26 Å². The van der Waals surface area contributed by atoms with Crippen molar-refractivity contribution < 1.29 is 4.74 Å². The van der Waals surface area contributed by atoms with Crippen LogP contribution in [0.4, 0.5) is 0 Å². The molecule has 0 aliphatic carbocycles. The Morgan fingerprint density at radius 1 is 1.47 bits per heavy atom. The molecule has 0 fully saturated rings. The van der Waals surface area contributed by atoms with Crippen molar-refractivity contribution >= 4 is 22.9 Å². The lowest BCUT2D eigenvalue weighted by molar-refractivity contribution is 0.341. The molecular weight excluding hydrogens is 258 g/mol. The molecule has 0 spiro atoms. The Balaban J connectivity index is 2.43. The van der Waals surface area contributed by atoms with Gasteiger partial charge in [-0.05, 0) is 6.92 Å². The zero-order chi connectivity index (χ0) is 12.3. The van der Waals surface area contributed by atoms with Crippen LogP contribution < -0.4 is 4.74 Å². The van der Waals surface area contributed by atoms with Gasteiger partial charge in [-0.3, -0.25) is 0 Å². The summed E-state index contributed by atoms with van der Waals surface area (Å²) in [5, 5.41) is 9.36. The highest BCUT2D eigenvalue weighted by Crippen LogP contribution is 2.35. The predicted molar refractivity (Wildman–Crippen MR) is 66.2 cm³/mol. The van der Waals surface area contributed by atoms with Crippen LogP contribution in [0.5, 0.6) is 5.75 Å². The first-order chi connectivity index (χ1) is 8.24. The van der Waals surface area contributed by atoms with Gasteiger partial charge in [-0.15, -0.1) is 11.3 Å². The van der Waals surface area contributed by atoms with Crippen molar-refractivity contribution in [3.05, 3.63) is 28.5 Å². The van der Waals surface area contributed by atoms with E-state index < -0.39 is 0 Å². The number of thiophene rings is 1. The van der Waals surface area contributed by atoms with Gasteiger partial charge in [-0.25, -0.2) is 9.97 Å². The summed E-state index contributed by atoms with van der Waals surface area (Å²) in [4.78, 5) is 9.30. The van der Waals surface area contributed by atoms with E-state index in [0.717, 1.165) is 4.88 Å². The minimum atomic E-state index is 0.375. The summed E-state index contributed by atoms with van der Waals surface area (Å²) in [5.41, 5.74) is 0.692. The molecule has 0 bridgehead atoms. The van der Waals surface area contributed by atoms with E-state index in [1.54, 1.807) is 12.1 Å². The third-order valence-electron chi connectivity index (χ3n) is 1.99. The SMILES string of the molecule is CCOc1cc(-c2cc(Cl)ncn2)sc1C#N. The molecular formula is C11H8ClN3OS. The van der Waals surface area contributed by atoms with Crippen molar-refractivity contribution in [1.29, 1.82) is 5.26 Å². The minimum absolute atomic E-state index is 0.375. The summed E-state index contributed by atoms with van der Waals surface area (Å²) in [6.07, 6.45) is 1.39. The van der Waals surface area contributed by atoms with Gasteiger partial charge >= 0.3 is 0 Å². The monoisotopic (exact) mass is 265 g/mol. The molecule has 17 heavy (non-hydrogen) atoms. The molecule has 2 rings (SSSR count). The Morgan fingerprint density at radius 2 is 2.29 bits per heavy atom. The highest BCUT2D eigenvalue weighted by molar-refractivity contribution is 7.16. The van der Waals surface area contributed by atoms with Gasteiger partial charge in [0.2, 0.25) is 0 Å². The molecule has 0 aliphatic rings. The summed E-state index contributed by atoms with van der Waals surface area (Å²) in [6, 6.07) is 5.56. The maximum atomic E-state index is 8.98. The van der Waals surface area contributed by atoms with Crippen LogP contribution in [0.15, 0.2) is 18.5 Å². The smallest absolute Gasteiger partial charge is 0.148 e. The quantitative estimate of drug-likeness (QED) is 0.800. The minimum Gasteiger partial charge on any atom is -0.492 e. The zero-order valence-corrected chi connectivity index (χ0v) is 10.5. The number of halogens is 1. The van der Waals surface area contributed by atoms with Crippen LogP contribution in [0.2, 0.25) is 5.15 Å². The second-order valence-corrected chi connectivity index (χ2v) is 4.51. The van der Waals surface area contributed by atoms with Crippen LogP contribution in [0.3, 0.4) is 0 Å². The maximum Gasteiger partial charge on any atom is 0.148 e. The molecule has 2 heterocycles. The summed E-state index contributed by atoms with van der Waals surface area (Å²) in [7, 11) is 0. The first-order valence-corrected chi connectivity index (χ1v) is 6.08. The lowest BCUT2D eigenvalue weighted by Gasteiger charge is -1.97. The topological polar surface area (TPSA) is 58.8 Å². The first kappa shape index (κ1) is 11.8. The predicted octanol–water partition coefficient (Wildman–Crippen LogP) is 3.13. The number of nitriles is 1. The number of nitrogens with zero attached hydrogens (tertiary/aromatic N) is 3. The molecule has 0 saturated carbocycles. The third kappa shape index (κ3) is 2.54. The van der Waals surface area contributed by atoms with Crippen molar-refractivity contribution in [1.82, 2.24) is 9.97 Å². The average Bonchev–Trinajstić information content (AvgIpc) is 2.73. The Labute approximate surface area is 107 Å². The molecule has 0 N–H and O–H groups in total. The maximum absolute atomic E-state index is 8.98. The molecule has 6 heteroatoms. The first-order valence-electron chi connectivity index (χ1n) is 4.89. The summed E-state index contributed by atoms with van der Waals surface area (Å²) >= 11 is 7.12. The molecule has 0 saturated heterocycles. The van der Waals surface area contributed by atoms with E-state index in [2.05, 4.69) is 16.0 Å². The Bertz CT molecular complexity index is 576. The van der Waals surface area contributed by atoms with E-state index in [1.165, 1.54) is 17.7 Å². The van der Waals surface area contributed by atoms with Gasteiger partial charge in [0.1, 0.15) is 28.2 Å². The van der Waals surface area contributed by atoms with E-state index in [1.807, 2.05) is 6.92 Å². The van der Waals surface area contributed by atoms with Gasteiger partial charge in [0.15, 0.2) is 0 Å². The number of aromatic nitrogens is 2. The van der Waals surface area contributed by atoms with E-state index in [4.69, 9.17) is 21.6 Å². The molecule has 2 aromatic rings. The standard InChI is InChI=1S/C11H8ClN3OS/c1-2-16-8-4-9(17-10(8)5-13)7-3-11(12)15-6-14-7/h3-4,6H,2H2,1H3. The molecule has 0 aliphatic heterocycles. The lowest BCUT2D eigenvalue weighted by Crippen LogP contribution is -1.90. The molecule has 4 nitrogen and oxygen atoms in total. The number of hydrogen-bond donors (Lipinski definition) is 0. The third-order valence-corrected chi connectivity index (χ3v) is 3.24. The van der Waals surface area contributed by atoms with Gasteiger partial charge < -0.3 is 4.74 Å². The van der Waals surface area contributed by atoms with Crippen molar-refractivity contribution in [3.63, 3.8) is 0 Å². The second-order valence-electron chi connectivity index (χ2n) is 3.07. The van der Waals surface area contributed by atoms with Gasteiger partial charge in [0, 0.05) is 12.1 Å². The lowest BCUT2D eigenvalue weighted by atomic mass is 10.3. The summed E-state index contributed by atoms with van der Waals surface area (Å²) in [5.74, 6) is 0.588. The van der Waals surface area contributed by atoms with Crippen LogP contribution in [0.25, 0.3) is 10.6 Å². The highest BCUT2D eigenvalue weighted by atomic mass is 35.5.